The number of esters is 1. The Labute approximate surface area is 163 Å². The lowest BCUT2D eigenvalue weighted by molar-refractivity contribution is -0.140. The molecule has 0 unspecified atom stereocenters. The van der Waals surface area contributed by atoms with Crippen LogP contribution < -0.4 is 0 Å². The molecule has 0 aromatic heterocycles. The number of carbonyl (C=O) groups excluding carboxylic acids is 2. The number of hydrogen-bond donors (Lipinski definition) is 1. The lowest BCUT2D eigenvalue weighted by Crippen LogP contribution is -2.29. The van der Waals surface area contributed by atoms with Gasteiger partial charge in [0, 0.05) is 18.3 Å². The van der Waals surface area contributed by atoms with Crippen LogP contribution in [-0.4, -0.2) is 30.1 Å². The zero-order valence-electron chi connectivity index (χ0n) is 16.7. The molecule has 0 aliphatic heterocycles. The third-order valence-corrected chi connectivity index (χ3v) is 7.05. The van der Waals surface area contributed by atoms with E-state index in [1.54, 1.807) is 6.08 Å². The van der Waals surface area contributed by atoms with Gasteiger partial charge in [-0.2, -0.15) is 0 Å². The van der Waals surface area contributed by atoms with Crippen molar-refractivity contribution in [2.24, 2.45) is 29.6 Å². The topological polar surface area (TPSA) is 63.6 Å². The summed E-state index contributed by atoms with van der Waals surface area (Å²) < 4.78 is 4.67. The number of carbonyl (C=O) groups is 2. The number of allylic oxidation sites excluding steroid dienone is 3. The third-order valence-electron chi connectivity index (χ3n) is 7.05. The van der Waals surface area contributed by atoms with Crippen molar-refractivity contribution in [1.29, 1.82) is 0 Å². The molecule has 0 aromatic rings. The van der Waals surface area contributed by atoms with Crippen molar-refractivity contribution in [3.8, 4) is 0 Å². The number of methoxy groups -OCH3 is 1. The zero-order chi connectivity index (χ0) is 19.4. The lowest BCUT2D eigenvalue weighted by atomic mass is 9.71. The van der Waals surface area contributed by atoms with Gasteiger partial charge in [0.25, 0.3) is 0 Å². The van der Waals surface area contributed by atoms with Crippen LogP contribution in [0, 0.1) is 29.6 Å². The Morgan fingerprint density at radius 3 is 2.70 bits per heavy atom. The average Bonchev–Trinajstić information content (AvgIpc) is 3.12. The lowest BCUT2D eigenvalue weighted by Gasteiger charge is -2.32. The first-order valence-corrected chi connectivity index (χ1v) is 10.7. The highest BCUT2D eigenvalue weighted by Crippen LogP contribution is 2.50. The molecule has 4 heteroatoms. The summed E-state index contributed by atoms with van der Waals surface area (Å²) in [6.07, 6.45) is 14.1. The maximum absolute atomic E-state index is 12.3. The van der Waals surface area contributed by atoms with Crippen LogP contribution in [0.2, 0.25) is 0 Å². The van der Waals surface area contributed by atoms with Crippen LogP contribution in [0.4, 0.5) is 0 Å². The molecule has 27 heavy (non-hydrogen) atoms. The van der Waals surface area contributed by atoms with E-state index in [1.807, 2.05) is 6.08 Å². The molecule has 3 fully saturated rings. The van der Waals surface area contributed by atoms with Crippen LogP contribution in [0.3, 0.4) is 0 Å². The van der Waals surface area contributed by atoms with E-state index in [2.05, 4.69) is 17.7 Å². The minimum absolute atomic E-state index is 0.113. The van der Waals surface area contributed by atoms with Crippen LogP contribution >= 0.6 is 0 Å². The van der Waals surface area contributed by atoms with E-state index >= 15 is 0 Å². The predicted octanol–water partition coefficient (Wildman–Crippen LogP) is 4.22. The van der Waals surface area contributed by atoms with Gasteiger partial charge in [-0.3, -0.25) is 9.59 Å². The SMILES string of the molecule is CCC1CC(C(=O)C=C[C@@H]2[C@H]3CC(=CCCCC(=O)OC)C[C@@H]3C[C@H]2O)C1. The second-order valence-corrected chi connectivity index (χ2v) is 8.75. The molecule has 4 nitrogen and oxygen atoms in total. The summed E-state index contributed by atoms with van der Waals surface area (Å²) in [6.45, 7) is 2.19. The van der Waals surface area contributed by atoms with Gasteiger partial charge in [-0.05, 0) is 68.8 Å². The van der Waals surface area contributed by atoms with Crippen molar-refractivity contribution in [1.82, 2.24) is 0 Å². The highest BCUT2D eigenvalue weighted by molar-refractivity contribution is 5.92. The van der Waals surface area contributed by atoms with Gasteiger partial charge in [0.1, 0.15) is 0 Å². The number of ether oxygens (including phenoxy) is 1. The summed E-state index contributed by atoms with van der Waals surface area (Å²) in [5.41, 5.74) is 1.45. The number of hydrogen-bond acceptors (Lipinski definition) is 4. The molecule has 3 saturated carbocycles. The maximum Gasteiger partial charge on any atom is 0.305 e. The second kappa shape index (κ2) is 9.18. The van der Waals surface area contributed by atoms with Gasteiger partial charge in [-0.1, -0.05) is 31.1 Å². The molecule has 3 aliphatic carbocycles. The molecule has 0 aromatic carbocycles. The normalized spacial score (nSPS) is 36.8. The van der Waals surface area contributed by atoms with Crippen LogP contribution in [0.5, 0.6) is 0 Å². The summed E-state index contributed by atoms with van der Waals surface area (Å²) in [5.74, 6) is 2.16. The first kappa shape index (κ1) is 20.3. The smallest absolute Gasteiger partial charge is 0.305 e. The molecule has 4 atom stereocenters. The fourth-order valence-corrected chi connectivity index (χ4v) is 5.24. The molecular weight excluding hydrogens is 340 g/mol. The molecule has 3 aliphatic rings. The van der Waals surface area contributed by atoms with E-state index in [0.29, 0.717) is 18.3 Å². The summed E-state index contributed by atoms with van der Waals surface area (Å²) in [5, 5.41) is 10.5. The van der Waals surface area contributed by atoms with Crippen molar-refractivity contribution < 1.29 is 19.4 Å². The Kier molecular flexibility index (Phi) is 6.91. The van der Waals surface area contributed by atoms with Gasteiger partial charge in [0.15, 0.2) is 5.78 Å². The molecule has 3 rings (SSSR count). The van der Waals surface area contributed by atoms with E-state index in [-0.39, 0.29) is 29.7 Å². The largest absolute Gasteiger partial charge is 0.469 e. The van der Waals surface area contributed by atoms with Crippen molar-refractivity contribution in [3.63, 3.8) is 0 Å². The Morgan fingerprint density at radius 2 is 2.00 bits per heavy atom. The van der Waals surface area contributed by atoms with E-state index in [0.717, 1.165) is 50.9 Å². The number of fused-ring (bicyclic) bond motifs is 1. The van der Waals surface area contributed by atoms with Crippen LogP contribution in [-0.2, 0) is 14.3 Å². The van der Waals surface area contributed by atoms with E-state index in [1.165, 1.54) is 19.1 Å². The Balaban J connectivity index is 1.49. The van der Waals surface area contributed by atoms with Crippen molar-refractivity contribution in [2.45, 2.75) is 70.8 Å². The second-order valence-electron chi connectivity index (χ2n) is 8.75. The minimum Gasteiger partial charge on any atom is -0.469 e. The standard InChI is InChI=1S/C23H34O4/c1-3-15-10-18(11-15)21(24)9-8-19-20-13-16(12-17(20)14-22(19)25)6-4-5-7-23(26)27-2/h6,8-9,15,17-20,22,25H,3-5,7,10-14H2,1-2H3/t15?,17-,18?,19-,20+,22-/m1/s1. The number of unbranched alkanes of at least 4 members (excludes halogenated alkanes) is 1. The number of aliphatic hydroxyl groups excluding tert-OH is 1. The summed E-state index contributed by atoms with van der Waals surface area (Å²) in [6, 6.07) is 0. The highest BCUT2D eigenvalue weighted by Gasteiger charge is 2.45. The monoisotopic (exact) mass is 374 g/mol. The molecule has 0 radical (unpaired) electrons. The molecule has 0 amide bonds. The van der Waals surface area contributed by atoms with Gasteiger partial charge < -0.3 is 9.84 Å². The molecular formula is C23H34O4. The van der Waals surface area contributed by atoms with Crippen LogP contribution in [0.1, 0.15) is 64.7 Å². The van der Waals surface area contributed by atoms with Gasteiger partial charge in [-0.15, -0.1) is 0 Å². The Morgan fingerprint density at radius 1 is 1.22 bits per heavy atom. The van der Waals surface area contributed by atoms with Gasteiger partial charge in [-0.25, -0.2) is 0 Å². The van der Waals surface area contributed by atoms with Gasteiger partial charge in [0.2, 0.25) is 0 Å². The molecule has 150 valence electrons. The first-order valence-electron chi connectivity index (χ1n) is 10.7. The predicted molar refractivity (Wildman–Crippen MR) is 105 cm³/mol. The molecule has 1 N–H and O–H groups in total. The summed E-state index contributed by atoms with van der Waals surface area (Å²) in [7, 11) is 1.43. The zero-order valence-corrected chi connectivity index (χ0v) is 16.7. The maximum atomic E-state index is 12.3. The van der Waals surface area contributed by atoms with E-state index in [4.69, 9.17) is 0 Å². The average molecular weight is 375 g/mol. The van der Waals surface area contributed by atoms with E-state index in [9.17, 15) is 14.7 Å². The molecule has 0 spiro atoms. The molecule has 0 heterocycles. The third kappa shape index (κ3) is 4.90. The summed E-state index contributed by atoms with van der Waals surface area (Å²) in [4.78, 5) is 23.5. The molecule has 0 bridgehead atoms. The number of ketones is 1. The van der Waals surface area contributed by atoms with E-state index < -0.39 is 0 Å². The summed E-state index contributed by atoms with van der Waals surface area (Å²) >= 11 is 0. The molecule has 0 saturated heterocycles. The van der Waals surface area contributed by atoms with Crippen LogP contribution in [0.25, 0.3) is 0 Å². The number of aliphatic hydroxyl groups is 1. The van der Waals surface area contributed by atoms with Crippen molar-refractivity contribution in [2.75, 3.05) is 7.11 Å². The fraction of sp³-hybridized carbons (Fsp3) is 0.739. The number of rotatable bonds is 8. The van der Waals surface area contributed by atoms with Gasteiger partial charge >= 0.3 is 5.97 Å². The fourth-order valence-electron chi connectivity index (χ4n) is 5.24. The minimum atomic E-state index is -0.310. The van der Waals surface area contributed by atoms with Crippen molar-refractivity contribution >= 4 is 11.8 Å². The Bertz CT molecular complexity index is 599. The quantitative estimate of drug-likeness (QED) is 0.299. The van der Waals surface area contributed by atoms with Crippen molar-refractivity contribution in [3.05, 3.63) is 23.8 Å². The highest BCUT2D eigenvalue weighted by atomic mass is 16.5. The first-order chi connectivity index (χ1) is 13.0. The van der Waals surface area contributed by atoms with Crippen LogP contribution in [0.15, 0.2) is 23.8 Å². The van der Waals surface area contributed by atoms with Gasteiger partial charge in [0.05, 0.1) is 13.2 Å². The Hall–Kier alpha value is -1.42.